The van der Waals surface area contributed by atoms with Crippen LogP contribution in [0.5, 0.6) is 0 Å². The number of carbonyl (C=O) groups excluding carboxylic acids is 2. The van der Waals surface area contributed by atoms with Crippen molar-refractivity contribution in [1.82, 2.24) is 4.90 Å². The SMILES string of the molecule is O=C1CC2(CCCCCC2)C(=O)N1C1CCCCCC1. The van der Waals surface area contributed by atoms with Crippen molar-refractivity contribution < 1.29 is 9.59 Å². The van der Waals surface area contributed by atoms with Crippen molar-refractivity contribution in [2.75, 3.05) is 0 Å². The third kappa shape index (κ3) is 2.51. The maximum absolute atomic E-state index is 13.0. The molecule has 3 rings (SSSR count). The summed E-state index contributed by atoms with van der Waals surface area (Å²) >= 11 is 0. The Bertz CT molecular complexity index is 374. The predicted octanol–water partition coefficient (Wildman–Crippen LogP) is 3.81. The Morgan fingerprint density at radius 3 is 1.95 bits per heavy atom. The molecule has 2 saturated carbocycles. The molecule has 3 fully saturated rings. The fourth-order valence-electron chi connectivity index (χ4n) is 4.50. The van der Waals surface area contributed by atoms with Gasteiger partial charge >= 0.3 is 0 Å². The van der Waals surface area contributed by atoms with Crippen LogP contribution in [0.3, 0.4) is 0 Å². The molecule has 0 aromatic rings. The van der Waals surface area contributed by atoms with Crippen molar-refractivity contribution in [2.45, 2.75) is 89.5 Å². The molecule has 0 unspecified atom stereocenters. The minimum atomic E-state index is -0.306. The highest BCUT2D eigenvalue weighted by molar-refractivity contribution is 6.06. The van der Waals surface area contributed by atoms with E-state index in [-0.39, 0.29) is 23.3 Å². The first-order chi connectivity index (χ1) is 9.73. The highest BCUT2D eigenvalue weighted by Crippen LogP contribution is 2.45. The zero-order chi connectivity index (χ0) is 14.0. The third-order valence-electron chi connectivity index (χ3n) is 5.68. The lowest BCUT2D eigenvalue weighted by molar-refractivity contribution is -0.144. The van der Waals surface area contributed by atoms with E-state index < -0.39 is 0 Å². The van der Waals surface area contributed by atoms with E-state index in [0.29, 0.717) is 6.42 Å². The minimum absolute atomic E-state index is 0.129. The van der Waals surface area contributed by atoms with Crippen molar-refractivity contribution in [3.63, 3.8) is 0 Å². The maximum Gasteiger partial charge on any atom is 0.236 e. The van der Waals surface area contributed by atoms with Gasteiger partial charge in [-0.1, -0.05) is 51.4 Å². The maximum atomic E-state index is 13.0. The lowest BCUT2D eigenvalue weighted by Gasteiger charge is -2.29. The molecule has 1 saturated heterocycles. The van der Waals surface area contributed by atoms with E-state index in [1.54, 1.807) is 4.90 Å². The quantitative estimate of drug-likeness (QED) is 0.540. The van der Waals surface area contributed by atoms with E-state index in [1.807, 2.05) is 0 Å². The van der Waals surface area contributed by atoms with Crippen LogP contribution in [0, 0.1) is 5.41 Å². The fraction of sp³-hybridized carbons (Fsp3) is 0.882. The number of amides is 2. The zero-order valence-electron chi connectivity index (χ0n) is 12.5. The van der Waals surface area contributed by atoms with Crippen LogP contribution in [-0.4, -0.2) is 22.8 Å². The fourth-order valence-corrected chi connectivity index (χ4v) is 4.50. The van der Waals surface area contributed by atoms with Gasteiger partial charge in [-0.15, -0.1) is 0 Å². The first-order valence-electron chi connectivity index (χ1n) is 8.59. The van der Waals surface area contributed by atoms with Gasteiger partial charge in [-0.25, -0.2) is 0 Å². The molecule has 1 spiro atoms. The van der Waals surface area contributed by atoms with Crippen LogP contribution in [0.4, 0.5) is 0 Å². The number of likely N-dealkylation sites (tertiary alicyclic amines) is 1. The van der Waals surface area contributed by atoms with Crippen molar-refractivity contribution in [3.8, 4) is 0 Å². The Hall–Kier alpha value is -0.860. The van der Waals surface area contributed by atoms with Gasteiger partial charge in [0.1, 0.15) is 0 Å². The number of nitrogens with zero attached hydrogens (tertiary/aromatic N) is 1. The minimum Gasteiger partial charge on any atom is -0.279 e. The molecule has 20 heavy (non-hydrogen) atoms. The average molecular weight is 277 g/mol. The smallest absolute Gasteiger partial charge is 0.236 e. The number of hydrogen-bond donors (Lipinski definition) is 0. The molecular formula is C17H27NO2. The summed E-state index contributed by atoms with van der Waals surface area (Å²) in [5.74, 6) is 0.320. The van der Waals surface area contributed by atoms with Crippen molar-refractivity contribution in [2.24, 2.45) is 5.41 Å². The summed E-state index contributed by atoms with van der Waals surface area (Å²) in [7, 11) is 0. The van der Waals surface area contributed by atoms with Crippen molar-refractivity contribution in [3.05, 3.63) is 0 Å². The number of carbonyl (C=O) groups is 2. The molecule has 2 amide bonds. The molecule has 0 aromatic carbocycles. The number of hydrogen-bond acceptors (Lipinski definition) is 2. The Labute approximate surface area is 122 Å². The molecule has 2 aliphatic carbocycles. The standard InChI is InChI=1S/C17H27NO2/c19-15-13-17(11-7-3-4-8-12-17)16(20)18(15)14-9-5-1-2-6-10-14/h14H,1-13H2. The van der Waals surface area contributed by atoms with Crippen LogP contribution >= 0.6 is 0 Å². The summed E-state index contributed by atoms with van der Waals surface area (Å²) in [6.45, 7) is 0. The third-order valence-corrected chi connectivity index (χ3v) is 5.68. The highest BCUT2D eigenvalue weighted by atomic mass is 16.2. The molecule has 3 aliphatic rings. The Kier molecular flexibility index (Phi) is 4.13. The van der Waals surface area contributed by atoms with Gasteiger partial charge in [0.05, 0.1) is 5.41 Å². The summed E-state index contributed by atoms with van der Waals surface area (Å²) in [6, 6.07) is 0.208. The van der Waals surface area contributed by atoms with Crippen LogP contribution in [-0.2, 0) is 9.59 Å². The highest BCUT2D eigenvalue weighted by Gasteiger charge is 2.52. The van der Waals surface area contributed by atoms with E-state index in [1.165, 1.54) is 38.5 Å². The molecule has 0 atom stereocenters. The van der Waals surface area contributed by atoms with Gasteiger partial charge < -0.3 is 0 Å². The summed E-state index contributed by atoms with van der Waals surface area (Å²) in [5, 5.41) is 0. The monoisotopic (exact) mass is 277 g/mol. The second kappa shape index (κ2) is 5.87. The molecule has 0 radical (unpaired) electrons. The average Bonchev–Trinajstić information content (AvgIpc) is 2.72. The van der Waals surface area contributed by atoms with Crippen LogP contribution in [0.1, 0.15) is 83.5 Å². The molecule has 3 heteroatoms. The first-order valence-corrected chi connectivity index (χ1v) is 8.59. The summed E-state index contributed by atoms with van der Waals surface area (Å²) in [5.41, 5.74) is -0.306. The van der Waals surface area contributed by atoms with Gasteiger partial charge in [0.25, 0.3) is 0 Å². The van der Waals surface area contributed by atoms with Gasteiger partial charge in [0.15, 0.2) is 0 Å². The van der Waals surface area contributed by atoms with Crippen LogP contribution in [0.15, 0.2) is 0 Å². The molecule has 3 nitrogen and oxygen atoms in total. The van der Waals surface area contributed by atoms with Gasteiger partial charge in [-0.2, -0.15) is 0 Å². The van der Waals surface area contributed by atoms with Crippen molar-refractivity contribution >= 4 is 11.8 Å². The second-order valence-corrected chi connectivity index (χ2v) is 7.09. The van der Waals surface area contributed by atoms with E-state index in [2.05, 4.69) is 0 Å². The van der Waals surface area contributed by atoms with E-state index >= 15 is 0 Å². The predicted molar refractivity (Wildman–Crippen MR) is 78.1 cm³/mol. The second-order valence-electron chi connectivity index (χ2n) is 7.09. The molecule has 1 aliphatic heterocycles. The van der Waals surface area contributed by atoms with E-state index in [0.717, 1.165) is 38.5 Å². The summed E-state index contributed by atoms with van der Waals surface area (Å²) < 4.78 is 0. The lowest BCUT2D eigenvalue weighted by Crippen LogP contribution is -2.42. The number of rotatable bonds is 1. The van der Waals surface area contributed by atoms with E-state index in [9.17, 15) is 9.59 Å². The molecule has 0 aromatic heterocycles. The largest absolute Gasteiger partial charge is 0.279 e. The summed E-state index contributed by atoms with van der Waals surface area (Å²) in [4.78, 5) is 27.2. The van der Waals surface area contributed by atoms with Gasteiger partial charge in [-0.05, 0) is 25.7 Å². The molecule has 112 valence electrons. The number of imide groups is 1. The molecule has 1 heterocycles. The lowest BCUT2D eigenvalue weighted by atomic mass is 9.79. The van der Waals surface area contributed by atoms with Crippen LogP contribution in [0.25, 0.3) is 0 Å². The Morgan fingerprint density at radius 1 is 0.800 bits per heavy atom. The Balaban J connectivity index is 1.78. The van der Waals surface area contributed by atoms with Gasteiger partial charge in [-0.3, -0.25) is 14.5 Å². The van der Waals surface area contributed by atoms with Crippen LogP contribution in [0.2, 0.25) is 0 Å². The van der Waals surface area contributed by atoms with Crippen molar-refractivity contribution in [1.29, 1.82) is 0 Å². The molecule has 0 N–H and O–H groups in total. The topological polar surface area (TPSA) is 37.4 Å². The Morgan fingerprint density at radius 2 is 1.35 bits per heavy atom. The van der Waals surface area contributed by atoms with Gasteiger partial charge in [0.2, 0.25) is 11.8 Å². The van der Waals surface area contributed by atoms with Crippen LogP contribution < -0.4 is 0 Å². The van der Waals surface area contributed by atoms with Gasteiger partial charge in [0, 0.05) is 12.5 Å². The molecule has 0 bridgehead atoms. The molecular weight excluding hydrogens is 250 g/mol. The normalized spacial score (nSPS) is 28.7. The first kappa shape index (κ1) is 14.1. The summed E-state index contributed by atoms with van der Waals surface area (Å²) in [6.07, 6.45) is 14.0. The zero-order valence-corrected chi connectivity index (χ0v) is 12.5. The van der Waals surface area contributed by atoms with E-state index in [4.69, 9.17) is 0 Å².